The molecule has 0 aliphatic carbocycles. The summed E-state index contributed by atoms with van der Waals surface area (Å²) in [4.78, 5) is 17.1. The second-order valence-electron chi connectivity index (χ2n) is 7.81. The lowest BCUT2D eigenvalue weighted by molar-refractivity contribution is -0.132. The molecular formula is C20H28N4O4S. The van der Waals surface area contributed by atoms with Crippen LogP contribution in [0.1, 0.15) is 25.7 Å². The van der Waals surface area contributed by atoms with Gasteiger partial charge in [0.05, 0.1) is 18.9 Å². The Morgan fingerprint density at radius 1 is 1.21 bits per heavy atom. The van der Waals surface area contributed by atoms with Crippen molar-refractivity contribution in [1.29, 1.82) is 0 Å². The summed E-state index contributed by atoms with van der Waals surface area (Å²) in [5.41, 5.74) is 0.562. The first-order chi connectivity index (χ1) is 14.0. The van der Waals surface area contributed by atoms with E-state index in [0.717, 1.165) is 58.7 Å². The number of fused-ring (bicyclic) bond motifs is 1. The van der Waals surface area contributed by atoms with Crippen LogP contribution in [0.25, 0.3) is 0 Å². The number of hydrogen-bond donors (Lipinski definition) is 1. The Bertz CT molecular complexity index is 880. The zero-order valence-electron chi connectivity index (χ0n) is 16.5. The number of amidine groups is 1. The molecule has 0 saturated carbocycles. The minimum absolute atomic E-state index is 0.0879. The highest BCUT2D eigenvalue weighted by atomic mass is 32.2. The van der Waals surface area contributed by atoms with Crippen molar-refractivity contribution in [2.75, 3.05) is 51.3 Å². The van der Waals surface area contributed by atoms with E-state index in [4.69, 9.17) is 4.74 Å². The SMILES string of the molecule is O=C(CCCN1CCOCC1)N1CCC[C@H](C2=NS(=O)(=O)c3ccccc3N2)C1. The highest BCUT2D eigenvalue weighted by Gasteiger charge is 2.32. The maximum atomic E-state index is 12.7. The number of carbonyl (C=O) groups is 1. The monoisotopic (exact) mass is 420 g/mol. The molecule has 8 nitrogen and oxygen atoms in total. The number of ether oxygens (including phenoxy) is 1. The Labute approximate surface area is 172 Å². The zero-order valence-corrected chi connectivity index (χ0v) is 17.4. The van der Waals surface area contributed by atoms with Crippen molar-refractivity contribution in [3.8, 4) is 0 Å². The Kier molecular flexibility index (Phi) is 6.17. The Hall–Kier alpha value is -1.97. The molecule has 1 amide bonds. The number of piperidine rings is 1. The second kappa shape index (κ2) is 8.81. The van der Waals surface area contributed by atoms with Gasteiger partial charge >= 0.3 is 0 Å². The van der Waals surface area contributed by atoms with E-state index in [2.05, 4.69) is 14.6 Å². The van der Waals surface area contributed by atoms with Crippen LogP contribution in [-0.2, 0) is 19.6 Å². The number of morpholine rings is 1. The first-order valence-electron chi connectivity index (χ1n) is 10.3. The molecule has 0 aromatic heterocycles. The largest absolute Gasteiger partial charge is 0.379 e. The van der Waals surface area contributed by atoms with Gasteiger partial charge in [-0.25, -0.2) is 0 Å². The Balaban J connectivity index is 1.35. The lowest BCUT2D eigenvalue weighted by atomic mass is 9.96. The predicted molar refractivity (Wildman–Crippen MR) is 110 cm³/mol. The molecule has 2 fully saturated rings. The Morgan fingerprint density at radius 3 is 2.83 bits per heavy atom. The maximum absolute atomic E-state index is 12.7. The van der Waals surface area contributed by atoms with E-state index >= 15 is 0 Å². The van der Waals surface area contributed by atoms with Gasteiger partial charge < -0.3 is 15.0 Å². The van der Waals surface area contributed by atoms with Crippen molar-refractivity contribution in [2.45, 2.75) is 30.6 Å². The number of nitrogens with zero attached hydrogens (tertiary/aromatic N) is 3. The van der Waals surface area contributed by atoms with E-state index in [-0.39, 0.29) is 16.7 Å². The molecule has 0 radical (unpaired) electrons. The van der Waals surface area contributed by atoms with Crippen molar-refractivity contribution < 1.29 is 17.9 Å². The van der Waals surface area contributed by atoms with E-state index in [1.807, 2.05) is 4.90 Å². The minimum atomic E-state index is -3.70. The molecule has 4 rings (SSSR count). The number of sulfonamides is 1. The lowest BCUT2D eigenvalue weighted by Crippen LogP contribution is -2.45. The van der Waals surface area contributed by atoms with Gasteiger partial charge in [-0.1, -0.05) is 12.1 Å². The van der Waals surface area contributed by atoms with Gasteiger partial charge in [0.25, 0.3) is 10.0 Å². The molecule has 1 atom stereocenters. The van der Waals surface area contributed by atoms with Gasteiger partial charge in [-0.15, -0.1) is 4.40 Å². The molecule has 3 heterocycles. The lowest BCUT2D eigenvalue weighted by Gasteiger charge is -2.34. The van der Waals surface area contributed by atoms with Crippen LogP contribution in [0.2, 0.25) is 0 Å². The summed E-state index contributed by atoms with van der Waals surface area (Å²) in [6.45, 7) is 5.55. The van der Waals surface area contributed by atoms with Gasteiger partial charge in [-0.3, -0.25) is 9.69 Å². The third kappa shape index (κ3) is 4.79. The average Bonchev–Trinajstić information content (AvgIpc) is 2.74. The van der Waals surface area contributed by atoms with Crippen LogP contribution in [-0.4, -0.2) is 75.9 Å². The van der Waals surface area contributed by atoms with E-state index in [0.29, 0.717) is 24.5 Å². The summed E-state index contributed by atoms with van der Waals surface area (Å²) in [5.74, 6) is 0.507. The van der Waals surface area contributed by atoms with E-state index in [1.54, 1.807) is 24.3 Å². The molecule has 3 aliphatic rings. The van der Waals surface area contributed by atoms with Gasteiger partial charge in [0.2, 0.25) is 5.91 Å². The van der Waals surface area contributed by atoms with Crippen LogP contribution in [0, 0.1) is 5.92 Å². The number of likely N-dealkylation sites (tertiary alicyclic amines) is 1. The van der Waals surface area contributed by atoms with Gasteiger partial charge in [0.15, 0.2) is 0 Å². The molecule has 0 spiro atoms. The van der Waals surface area contributed by atoms with Gasteiger partial charge in [-0.05, 0) is 37.9 Å². The van der Waals surface area contributed by atoms with Crippen molar-refractivity contribution in [3.63, 3.8) is 0 Å². The number of para-hydroxylation sites is 1. The predicted octanol–water partition coefficient (Wildman–Crippen LogP) is 1.55. The van der Waals surface area contributed by atoms with Crippen molar-refractivity contribution in [1.82, 2.24) is 9.80 Å². The van der Waals surface area contributed by atoms with Crippen molar-refractivity contribution in [2.24, 2.45) is 10.3 Å². The summed E-state index contributed by atoms with van der Waals surface area (Å²) < 4.78 is 34.4. The summed E-state index contributed by atoms with van der Waals surface area (Å²) in [6.07, 6.45) is 3.02. The topological polar surface area (TPSA) is 91.3 Å². The van der Waals surface area contributed by atoms with Crippen LogP contribution < -0.4 is 5.32 Å². The summed E-state index contributed by atoms with van der Waals surface area (Å²) in [5, 5.41) is 3.18. The number of anilines is 1. The van der Waals surface area contributed by atoms with Crippen molar-refractivity contribution in [3.05, 3.63) is 24.3 Å². The van der Waals surface area contributed by atoms with Crippen LogP contribution >= 0.6 is 0 Å². The fourth-order valence-electron chi connectivity index (χ4n) is 4.17. The van der Waals surface area contributed by atoms with Crippen LogP contribution in [0.5, 0.6) is 0 Å². The molecule has 1 aromatic carbocycles. The van der Waals surface area contributed by atoms with Gasteiger partial charge in [-0.2, -0.15) is 8.42 Å². The number of hydrogen-bond acceptors (Lipinski definition) is 6. The van der Waals surface area contributed by atoms with E-state index < -0.39 is 10.0 Å². The number of benzene rings is 1. The summed E-state index contributed by atoms with van der Waals surface area (Å²) >= 11 is 0. The number of rotatable bonds is 5. The maximum Gasteiger partial charge on any atom is 0.286 e. The van der Waals surface area contributed by atoms with E-state index in [1.165, 1.54) is 0 Å². The average molecular weight is 421 g/mol. The third-order valence-electron chi connectivity index (χ3n) is 5.78. The summed E-state index contributed by atoms with van der Waals surface area (Å²) in [6, 6.07) is 6.80. The summed E-state index contributed by atoms with van der Waals surface area (Å²) in [7, 11) is -3.70. The fourth-order valence-corrected chi connectivity index (χ4v) is 5.37. The van der Waals surface area contributed by atoms with Crippen LogP contribution in [0.4, 0.5) is 5.69 Å². The molecule has 1 N–H and O–H groups in total. The zero-order chi connectivity index (χ0) is 20.3. The molecule has 158 valence electrons. The molecule has 0 unspecified atom stereocenters. The molecule has 0 bridgehead atoms. The van der Waals surface area contributed by atoms with Gasteiger partial charge in [0, 0.05) is 38.5 Å². The number of amides is 1. The highest BCUT2D eigenvalue weighted by Crippen LogP contribution is 2.30. The fraction of sp³-hybridized carbons (Fsp3) is 0.600. The number of carbonyl (C=O) groups excluding carboxylic acids is 1. The van der Waals surface area contributed by atoms with Crippen molar-refractivity contribution >= 4 is 27.5 Å². The second-order valence-corrected chi connectivity index (χ2v) is 9.38. The number of nitrogens with one attached hydrogen (secondary N) is 1. The molecule has 2 saturated heterocycles. The van der Waals surface area contributed by atoms with Crippen LogP contribution in [0.15, 0.2) is 33.6 Å². The first kappa shape index (κ1) is 20.3. The molecule has 29 heavy (non-hydrogen) atoms. The van der Waals surface area contributed by atoms with Gasteiger partial charge in [0.1, 0.15) is 10.7 Å². The smallest absolute Gasteiger partial charge is 0.286 e. The molecular weight excluding hydrogens is 392 g/mol. The van der Waals surface area contributed by atoms with Crippen LogP contribution in [0.3, 0.4) is 0 Å². The minimum Gasteiger partial charge on any atom is -0.379 e. The first-order valence-corrected chi connectivity index (χ1v) is 11.8. The quantitative estimate of drug-likeness (QED) is 0.777. The standard InChI is InChI=1S/C20H28N4O4S/c25-19(8-4-9-23-11-13-28-14-12-23)24-10-3-5-16(15-24)20-21-17-6-1-2-7-18(17)29(26,27)22-20/h1-2,6-7,16H,3-5,8-15H2,(H,21,22)/t16-/m0/s1. The molecule has 1 aromatic rings. The third-order valence-corrected chi connectivity index (χ3v) is 7.12. The molecule has 9 heteroatoms. The Morgan fingerprint density at radius 2 is 2.00 bits per heavy atom. The highest BCUT2D eigenvalue weighted by molar-refractivity contribution is 7.90. The van der Waals surface area contributed by atoms with E-state index in [9.17, 15) is 13.2 Å². The molecule has 3 aliphatic heterocycles. The normalized spacial score (nSPS) is 24.3.